The number of rotatable bonds is 7. The highest BCUT2D eigenvalue weighted by Crippen LogP contribution is 2.31. The van der Waals surface area contributed by atoms with Crippen LogP contribution in [0, 0.1) is 5.82 Å². The zero-order chi connectivity index (χ0) is 25.2. The van der Waals surface area contributed by atoms with Gasteiger partial charge in [-0.15, -0.1) is 0 Å². The molecule has 1 fully saturated rings. The number of hydrogen-bond donors (Lipinski definition) is 0. The number of benzene rings is 3. The maximum atomic E-state index is 13.6. The minimum absolute atomic E-state index is 0.167. The van der Waals surface area contributed by atoms with Crippen molar-refractivity contribution in [2.45, 2.75) is 23.9 Å². The van der Waals surface area contributed by atoms with Gasteiger partial charge in [0.05, 0.1) is 29.7 Å². The monoisotopic (exact) mass is 496 g/mol. The number of imide groups is 1. The van der Waals surface area contributed by atoms with Crippen LogP contribution < -0.4 is 4.90 Å². The lowest BCUT2D eigenvalue weighted by atomic mass is 10.2. The van der Waals surface area contributed by atoms with Gasteiger partial charge in [-0.05, 0) is 54.1 Å². The highest BCUT2D eigenvalue weighted by molar-refractivity contribution is 7.89. The van der Waals surface area contributed by atoms with Crippen LogP contribution in [0.3, 0.4) is 0 Å². The average Bonchev–Trinajstić information content (AvgIpc) is 3.16. The fourth-order valence-electron chi connectivity index (χ4n) is 3.84. The molecule has 1 aliphatic rings. The standard InChI is InChI=1S/C25H21FN2O6S/c1-34-25(31)18-7-11-20(12-8-18)28-23(29)15-22(24(28)30)27(16-17-5-3-2-4-6-17)35(32,33)21-13-9-19(26)10-14-21/h2-14,22H,15-16H2,1H3. The van der Waals surface area contributed by atoms with Gasteiger partial charge >= 0.3 is 5.97 Å². The van der Waals surface area contributed by atoms with Gasteiger partial charge in [-0.2, -0.15) is 4.31 Å². The van der Waals surface area contributed by atoms with Gasteiger partial charge < -0.3 is 4.74 Å². The summed E-state index contributed by atoms with van der Waals surface area (Å²) in [4.78, 5) is 38.7. The van der Waals surface area contributed by atoms with Crippen LogP contribution in [0.5, 0.6) is 0 Å². The molecule has 10 heteroatoms. The first-order valence-corrected chi connectivity index (χ1v) is 12.0. The van der Waals surface area contributed by atoms with Gasteiger partial charge in [0.1, 0.15) is 11.9 Å². The minimum Gasteiger partial charge on any atom is -0.465 e. The SMILES string of the molecule is COC(=O)c1ccc(N2C(=O)CC(N(Cc3ccccc3)S(=O)(=O)c3ccc(F)cc3)C2=O)cc1. The van der Waals surface area contributed by atoms with Crippen LogP contribution >= 0.6 is 0 Å². The van der Waals surface area contributed by atoms with Crippen molar-refractivity contribution in [1.29, 1.82) is 0 Å². The molecule has 1 saturated heterocycles. The number of carbonyl (C=O) groups is 3. The molecule has 1 aliphatic heterocycles. The van der Waals surface area contributed by atoms with Crippen LogP contribution in [0.25, 0.3) is 0 Å². The Labute approximate surface area is 201 Å². The van der Waals surface area contributed by atoms with Gasteiger partial charge in [0, 0.05) is 6.54 Å². The predicted octanol–water partition coefficient (Wildman–Crippen LogP) is 3.14. The molecule has 0 aliphatic carbocycles. The minimum atomic E-state index is -4.28. The summed E-state index contributed by atoms with van der Waals surface area (Å²) in [6.07, 6.45) is -0.370. The van der Waals surface area contributed by atoms with E-state index < -0.39 is 39.7 Å². The zero-order valence-electron chi connectivity index (χ0n) is 18.6. The lowest BCUT2D eigenvalue weighted by Gasteiger charge is -2.27. The van der Waals surface area contributed by atoms with E-state index in [0.29, 0.717) is 5.56 Å². The fourth-order valence-corrected chi connectivity index (χ4v) is 5.41. The number of methoxy groups -OCH3 is 1. The molecule has 0 saturated carbocycles. The van der Waals surface area contributed by atoms with Gasteiger partial charge in [-0.25, -0.2) is 22.5 Å². The smallest absolute Gasteiger partial charge is 0.337 e. The summed E-state index contributed by atoms with van der Waals surface area (Å²) >= 11 is 0. The van der Waals surface area contributed by atoms with E-state index >= 15 is 0 Å². The molecule has 3 aromatic rings. The second kappa shape index (κ2) is 9.77. The van der Waals surface area contributed by atoms with Gasteiger partial charge in [0.2, 0.25) is 15.9 Å². The molecule has 3 aromatic carbocycles. The maximum absolute atomic E-state index is 13.6. The van der Waals surface area contributed by atoms with E-state index in [1.807, 2.05) is 0 Å². The van der Waals surface area contributed by atoms with Crippen molar-refractivity contribution in [2.24, 2.45) is 0 Å². The largest absolute Gasteiger partial charge is 0.465 e. The van der Waals surface area contributed by atoms with Gasteiger partial charge in [0.25, 0.3) is 5.91 Å². The second-order valence-electron chi connectivity index (χ2n) is 7.82. The third-order valence-electron chi connectivity index (χ3n) is 5.62. The Morgan fingerprint density at radius 3 is 2.23 bits per heavy atom. The third kappa shape index (κ3) is 4.84. The first-order valence-electron chi connectivity index (χ1n) is 10.6. The number of hydrogen-bond acceptors (Lipinski definition) is 6. The van der Waals surface area contributed by atoms with Crippen molar-refractivity contribution in [3.05, 3.63) is 95.8 Å². The van der Waals surface area contributed by atoms with Crippen LogP contribution in [0.1, 0.15) is 22.3 Å². The topological polar surface area (TPSA) is 101 Å². The Kier molecular flexibility index (Phi) is 6.77. The third-order valence-corrected chi connectivity index (χ3v) is 7.49. The molecule has 0 radical (unpaired) electrons. The molecular weight excluding hydrogens is 475 g/mol. The van der Waals surface area contributed by atoms with Crippen molar-refractivity contribution in [3.8, 4) is 0 Å². The quantitative estimate of drug-likeness (QED) is 0.368. The fraction of sp³-hybridized carbons (Fsp3) is 0.160. The Hall–Kier alpha value is -3.89. The molecule has 0 aromatic heterocycles. The summed E-state index contributed by atoms with van der Waals surface area (Å²) < 4.78 is 46.2. The number of anilines is 1. The molecule has 0 N–H and O–H groups in total. The first kappa shape index (κ1) is 24.2. The van der Waals surface area contributed by atoms with Crippen molar-refractivity contribution in [2.75, 3.05) is 12.0 Å². The van der Waals surface area contributed by atoms with E-state index in [-0.39, 0.29) is 29.1 Å². The number of sulfonamides is 1. The number of amides is 2. The van der Waals surface area contributed by atoms with E-state index in [4.69, 9.17) is 0 Å². The molecule has 35 heavy (non-hydrogen) atoms. The Balaban J connectivity index is 1.70. The summed E-state index contributed by atoms with van der Waals surface area (Å²) in [5, 5.41) is 0. The van der Waals surface area contributed by atoms with E-state index in [2.05, 4.69) is 4.74 Å². The molecule has 1 heterocycles. The first-order chi connectivity index (χ1) is 16.7. The van der Waals surface area contributed by atoms with Crippen LogP contribution in [-0.2, 0) is 30.9 Å². The molecule has 4 rings (SSSR count). The van der Waals surface area contributed by atoms with E-state index in [1.165, 1.54) is 31.4 Å². The number of carbonyl (C=O) groups excluding carboxylic acids is 3. The molecular formula is C25H21FN2O6S. The lowest BCUT2D eigenvalue weighted by Crippen LogP contribution is -2.45. The highest BCUT2D eigenvalue weighted by atomic mass is 32.2. The molecule has 2 amide bonds. The van der Waals surface area contributed by atoms with Gasteiger partial charge in [-0.1, -0.05) is 30.3 Å². The second-order valence-corrected chi connectivity index (χ2v) is 9.71. The lowest BCUT2D eigenvalue weighted by molar-refractivity contribution is -0.122. The van der Waals surface area contributed by atoms with Crippen molar-refractivity contribution in [3.63, 3.8) is 0 Å². The van der Waals surface area contributed by atoms with E-state index in [0.717, 1.165) is 33.5 Å². The molecule has 0 spiro atoms. The average molecular weight is 497 g/mol. The molecule has 180 valence electrons. The number of esters is 1. The Morgan fingerprint density at radius 2 is 1.63 bits per heavy atom. The van der Waals surface area contributed by atoms with Gasteiger partial charge in [0.15, 0.2) is 0 Å². The Bertz CT molecular complexity index is 1360. The predicted molar refractivity (Wildman–Crippen MR) is 124 cm³/mol. The Morgan fingerprint density at radius 1 is 1.00 bits per heavy atom. The summed E-state index contributed by atoms with van der Waals surface area (Å²) in [5.41, 5.74) is 1.05. The molecule has 1 atom stereocenters. The summed E-state index contributed by atoms with van der Waals surface area (Å²) in [7, 11) is -3.04. The van der Waals surface area contributed by atoms with Crippen molar-refractivity contribution >= 4 is 33.5 Å². The molecule has 0 bridgehead atoms. The maximum Gasteiger partial charge on any atom is 0.337 e. The van der Waals surface area contributed by atoms with Crippen LogP contribution in [0.15, 0.2) is 83.8 Å². The number of halogens is 1. The van der Waals surface area contributed by atoms with Crippen molar-refractivity contribution in [1.82, 2.24) is 4.31 Å². The highest BCUT2D eigenvalue weighted by Gasteiger charge is 2.47. The molecule has 8 nitrogen and oxygen atoms in total. The van der Waals surface area contributed by atoms with Gasteiger partial charge in [-0.3, -0.25) is 9.59 Å². The zero-order valence-corrected chi connectivity index (χ0v) is 19.4. The summed E-state index contributed by atoms with van der Waals surface area (Å²) in [6, 6.07) is 17.3. The number of nitrogens with zero attached hydrogens (tertiary/aromatic N) is 2. The van der Waals surface area contributed by atoms with Crippen LogP contribution in [0.4, 0.5) is 10.1 Å². The normalized spacial score (nSPS) is 16.1. The number of ether oxygens (including phenoxy) is 1. The van der Waals surface area contributed by atoms with E-state index in [9.17, 15) is 27.2 Å². The van der Waals surface area contributed by atoms with E-state index in [1.54, 1.807) is 30.3 Å². The van der Waals surface area contributed by atoms with Crippen LogP contribution in [0.2, 0.25) is 0 Å². The van der Waals surface area contributed by atoms with Crippen molar-refractivity contribution < 1.29 is 31.9 Å². The summed E-state index contributed by atoms with van der Waals surface area (Å²) in [6.45, 7) is -0.167. The molecule has 1 unspecified atom stereocenters. The summed E-state index contributed by atoms with van der Waals surface area (Å²) in [5.74, 6) is -2.49. The van der Waals surface area contributed by atoms with Crippen LogP contribution in [-0.4, -0.2) is 43.7 Å².